The van der Waals surface area contributed by atoms with Crippen molar-refractivity contribution in [3.05, 3.63) is 29.6 Å². The minimum Gasteiger partial charge on any atom is -0.371 e. The number of halogens is 1. The van der Waals surface area contributed by atoms with Crippen LogP contribution in [0.5, 0.6) is 0 Å². The molecule has 0 amide bonds. The number of hydrogen-bond acceptors (Lipinski definition) is 3. The van der Waals surface area contributed by atoms with Gasteiger partial charge in [-0.25, -0.2) is 4.39 Å². The van der Waals surface area contributed by atoms with Gasteiger partial charge in [-0.2, -0.15) is 0 Å². The number of nitrogens with one attached hydrogen (secondary N) is 1. The van der Waals surface area contributed by atoms with Crippen LogP contribution in [0, 0.1) is 5.82 Å². The Morgan fingerprint density at radius 3 is 2.65 bits per heavy atom. The van der Waals surface area contributed by atoms with Crippen molar-refractivity contribution < 1.29 is 4.39 Å². The fraction of sp³-hybridized carbons (Fsp3) is 0.625. The van der Waals surface area contributed by atoms with Gasteiger partial charge in [0.2, 0.25) is 0 Å². The third kappa shape index (κ3) is 3.70. The van der Waals surface area contributed by atoms with Gasteiger partial charge in [-0.1, -0.05) is 6.07 Å². The molecule has 20 heavy (non-hydrogen) atoms. The van der Waals surface area contributed by atoms with E-state index in [1.54, 1.807) is 6.07 Å². The Kier molecular flexibility index (Phi) is 5.38. The van der Waals surface area contributed by atoms with Crippen LogP contribution in [0.4, 0.5) is 10.1 Å². The normalized spacial score (nSPS) is 17.4. The van der Waals surface area contributed by atoms with E-state index in [4.69, 9.17) is 0 Å². The lowest BCUT2D eigenvalue weighted by Gasteiger charge is -2.24. The smallest absolute Gasteiger partial charge is 0.146 e. The lowest BCUT2D eigenvalue weighted by molar-refractivity contribution is 0.346. The molecule has 0 bridgehead atoms. The molecule has 112 valence electrons. The predicted molar refractivity (Wildman–Crippen MR) is 82.8 cm³/mol. The minimum absolute atomic E-state index is 0.131. The van der Waals surface area contributed by atoms with Gasteiger partial charge in [-0.3, -0.25) is 0 Å². The molecular weight excluding hydrogens is 253 g/mol. The van der Waals surface area contributed by atoms with Crippen molar-refractivity contribution in [1.29, 1.82) is 0 Å². The Balaban J connectivity index is 1.96. The topological polar surface area (TPSA) is 18.5 Å². The average molecular weight is 279 g/mol. The van der Waals surface area contributed by atoms with Crippen molar-refractivity contribution in [1.82, 2.24) is 10.2 Å². The van der Waals surface area contributed by atoms with Crippen LogP contribution in [0.25, 0.3) is 0 Å². The number of rotatable bonds is 6. The molecule has 0 aromatic heterocycles. The third-order valence-electron chi connectivity index (χ3n) is 4.27. The Morgan fingerprint density at radius 1 is 1.35 bits per heavy atom. The summed E-state index contributed by atoms with van der Waals surface area (Å²) in [5.74, 6) is -0.131. The monoisotopic (exact) mass is 279 g/mol. The van der Waals surface area contributed by atoms with Crippen molar-refractivity contribution >= 4 is 5.69 Å². The molecule has 0 saturated carbocycles. The molecule has 0 radical (unpaired) electrons. The lowest BCUT2D eigenvalue weighted by Crippen LogP contribution is -2.31. The number of benzene rings is 1. The summed E-state index contributed by atoms with van der Waals surface area (Å²) in [6, 6.07) is 5.71. The van der Waals surface area contributed by atoms with E-state index in [-0.39, 0.29) is 11.9 Å². The van der Waals surface area contributed by atoms with Crippen LogP contribution in [-0.2, 0) is 0 Å². The summed E-state index contributed by atoms with van der Waals surface area (Å²) < 4.78 is 14.2. The van der Waals surface area contributed by atoms with E-state index in [9.17, 15) is 4.39 Å². The molecule has 1 fully saturated rings. The molecule has 1 aliphatic rings. The van der Waals surface area contributed by atoms with Gasteiger partial charge in [0, 0.05) is 26.2 Å². The molecular formula is C16H26FN3. The van der Waals surface area contributed by atoms with Crippen molar-refractivity contribution in [3.8, 4) is 0 Å². The van der Waals surface area contributed by atoms with Gasteiger partial charge in [0.05, 0.1) is 5.69 Å². The second-order valence-electron chi connectivity index (χ2n) is 5.69. The summed E-state index contributed by atoms with van der Waals surface area (Å²) >= 11 is 0. The summed E-state index contributed by atoms with van der Waals surface area (Å²) in [5, 5.41) is 3.13. The number of hydrogen-bond donors (Lipinski definition) is 1. The van der Waals surface area contributed by atoms with Crippen molar-refractivity contribution in [2.45, 2.75) is 25.8 Å². The van der Waals surface area contributed by atoms with Crippen LogP contribution in [0.15, 0.2) is 18.2 Å². The summed E-state index contributed by atoms with van der Waals surface area (Å²) in [6.07, 6.45) is 2.60. The molecule has 4 heteroatoms. The number of likely N-dealkylation sites (N-methyl/N-ethyl adjacent to an activating group) is 1. The summed E-state index contributed by atoms with van der Waals surface area (Å²) in [7, 11) is 3.86. The van der Waals surface area contributed by atoms with Gasteiger partial charge in [0.25, 0.3) is 0 Å². The van der Waals surface area contributed by atoms with E-state index in [1.807, 2.05) is 38.1 Å². The third-order valence-corrected chi connectivity index (χ3v) is 4.27. The maximum absolute atomic E-state index is 14.2. The molecule has 3 nitrogen and oxygen atoms in total. The van der Waals surface area contributed by atoms with E-state index < -0.39 is 0 Å². The van der Waals surface area contributed by atoms with Crippen LogP contribution in [-0.4, -0.2) is 45.2 Å². The Bertz CT molecular complexity index is 430. The summed E-state index contributed by atoms with van der Waals surface area (Å²) in [6.45, 7) is 6.30. The Hall–Kier alpha value is -1.13. The molecule has 1 aromatic rings. The van der Waals surface area contributed by atoms with Crippen LogP contribution >= 0.6 is 0 Å². The standard InChI is InChI=1S/C16H26FN3/c1-13(18-2)14-6-7-16(15(17)12-14)19(3)10-11-20-8-4-5-9-20/h6-7,12-13,18H,4-5,8-11H2,1-3H3. The first-order valence-corrected chi connectivity index (χ1v) is 7.52. The molecule has 1 aromatic carbocycles. The predicted octanol–water partition coefficient (Wildman–Crippen LogP) is 2.64. The van der Waals surface area contributed by atoms with Crippen molar-refractivity contribution in [3.63, 3.8) is 0 Å². The molecule has 1 heterocycles. The van der Waals surface area contributed by atoms with Gasteiger partial charge < -0.3 is 15.1 Å². The van der Waals surface area contributed by atoms with E-state index in [2.05, 4.69) is 10.2 Å². The largest absolute Gasteiger partial charge is 0.371 e. The highest BCUT2D eigenvalue weighted by molar-refractivity contribution is 5.49. The fourth-order valence-corrected chi connectivity index (χ4v) is 2.69. The van der Waals surface area contributed by atoms with Crippen LogP contribution in [0.1, 0.15) is 31.4 Å². The van der Waals surface area contributed by atoms with Crippen molar-refractivity contribution in [2.24, 2.45) is 0 Å². The zero-order valence-corrected chi connectivity index (χ0v) is 12.8. The second kappa shape index (κ2) is 7.04. The maximum Gasteiger partial charge on any atom is 0.146 e. The summed E-state index contributed by atoms with van der Waals surface area (Å²) in [5.41, 5.74) is 1.68. The van der Waals surface area contributed by atoms with Gasteiger partial charge in [-0.05, 0) is 57.6 Å². The molecule has 1 aliphatic heterocycles. The highest BCUT2D eigenvalue weighted by atomic mass is 19.1. The fourth-order valence-electron chi connectivity index (χ4n) is 2.69. The molecule has 0 aliphatic carbocycles. The van der Waals surface area contributed by atoms with E-state index >= 15 is 0 Å². The second-order valence-corrected chi connectivity index (χ2v) is 5.69. The summed E-state index contributed by atoms with van der Waals surface area (Å²) in [4.78, 5) is 4.47. The number of likely N-dealkylation sites (tertiary alicyclic amines) is 1. The lowest BCUT2D eigenvalue weighted by atomic mass is 10.1. The van der Waals surface area contributed by atoms with E-state index in [0.29, 0.717) is 5.69 Å². The highest BCUT2D eigenvalue weighted by Gasteiger charge is 2.14. The van der Waals surface area contributed by atoms with Gasteiger partial charge in [0.1, 0.15) is 5.82 Å². The SMILES string of the molecule is CNC(C)c1ccc(N(C)CCN2CCCC2)c(F)c1. The molecule has 1 unspecified atom stereocenters. The van der Waals surface area contributed by atoms with Gasteiger partial charge in [-0.15, -0.1) is 0 Å². The average Bonchev–Trinajstić information content (AvgIpc) is 2.97. The molecule has 1 saturated heterocycles. The van der Waals surface area contributed by atoms with Gasteiger partial charge >= 0.3 is 0 Å². The van der Waals surface area contributed by atoms with Crippen LogP contribution in [0.2, 0.25) is 0 Å². The molecule has 2 rings (SSSR count). The minimum atomic E-state index is -0.131. The zero-order valence-electron chi connectivity index (χ0n) is 12.8. The number of anilines is 1. The molecule has 1 atom stereocenters. The Morgan fingerprint density at radius 2 is 2.05 bits per heavy atom. The van der Waals surface area contributed by atoms with Crippen LogP contribution in [0.3, 0.4) is 0 Å². The number of nitrogens with zero attached hydrogens (tertiary/aromatic N) is 2. The van der Waals surface area contributed by atoms with E-state index in [0.717, 1.165) is 18.7 Å². The first kappa shape index (κ1) is 15.3. The molecule has 0 spiro atoms. The zero-order chi connectivity index (χ0) is 14.5. The highest BCUT2D eigenvalue weighted by Crippen LogP contribution is 2.22. The van der Waals surface area contributed by atoms with Gasteiger partial charge in [0.15, 0.2) is 0 Å². The molecule has 1 N–H and O–H groups in total. The quantitative estimate of drug-likeness (QED) is 0.863. The maximum atomic E-state index is 14.2. The van der Waals surface area contributed by atoms with E-state index in [1.165, 1.54) is 25.9 Å². The Labute approximate surface area is 121 Å². The first-order chi connectivity index (χ1) is 9.61. The first-order valence-electron chi connectivity index (χ1n) is 7.52. The van der Waals surface area contributed by atoms with Crippen molar-refractivity contribution in [2.75, 3.05) is 45.2 Å². The van der Waals surface area contributed by atoms with Crippen LogP contribution < -0.4 is 10.2 Å².